The number of carbonyl (C=O) groups is 1. The van der Waals surface area contributed by atoms with E-state index >= 15 is 0 Å². The summed E-state index contributed by atoms with van der Waals surface area (Å²) in [5.74, 6) is -0.189. The zero-order valence-electron chi connectivity index (χ0n) is 9.73. The van der Waals surface area contributed by atoms with Crippen LogP contribution in [0.4, 0.5) is 0 Å². The van der Waals surface area contributed by atoms with Crippen molar-refractivity contribution in [1.29, 1.82) is 0 Å². The van der Waals surface area contributed by atoms with E-state index in [9.17, 15) is 13.2 Å². The maximum absolute atomic E-state index is 11.3. The monoisotopic (exact) mass is 252 g/mol. The average Bonchev–Trinajstić information content (AvgIpc) is 2.25. The molecule has 0 spiro atoms. The van der Waals surface area contributed by atoms with Gasteiger partial charge in [-0.1, -0.05) is 6.92 Å². The SMILES string of the molecule is CCS(=O)(=O)CCNC(=O)CC(CN)OC. The number of nitrogens with one attached hydrogen (secondary N) is 1. The molecule has 96 valence electrons. The highest BCUT2D eigenvalue weighted by molar-refractivity contribution is 7.91. The molecule has 0 aromatic heterocycles. The van der Waals surface area contributed by atoms with E-state index in [0.717, 1.165) is 0 Å². The van der Waals surface area contributed by atoms with E-state index < -0.39 is 9.84 Å². The van der Waals surface area contributed by atoms with Crippen LogP contribution < -0.4 is 11.1 Å². The van der Waals surface area contributed by atoms with Crippen LogP contribution in [0.3, 0.4) is 0 Å². The first-order valence-corrected chi connectivity index (χ1v) is 6.97. The van der Waals surface area contributed by atoms with Crippen molar-refractivity contribution in [1.82, 2.24) is 5.32 Å². The van der Waals surface area contributed by atoms with Gasteiger partial charge >= 0.3 is 0 Å². The fourth-order valence-electron chi connectivity index (χ4n) is 1.03. The highest BCUT2D eigenvalue weighted by Crippen LogP contribution is 1.94. The summed E-state index contributed by atoms with van der Waals surface area (Å²) >= 11 is 0. The lowest BCUT2D eigenvalue weighted by atomic mass is 10.2. The molecule has 0 aliphatic rings. The van der Waals surface area contributed by atoms with E-state index in [4.69, 9.17) is 10.5 Å². The topological polar surface area (TPSA) is 98.5 Å². The van der Waals surface area contributed by atoms with Crippen LogP contribution in [0, 0.1) is 0 Å². The van der Waals surface area contributed by atoms with Gasteiger partial charge in [-0.05, 0) is 0 Å². The first-order chi connectivity index (χ1) is 7.45. The molecule has 0 heterocycles. The largest absolute Gasteiger partial charge is 0.380 e. The van der Waals surface area contributed by atoms with Crippen LogP contribution in [-0.4, -0.2) is 52.1 Å². The Morgan fingerprint density at radius 2 is 2.12 bits per heavy atom. The molecule has 0 saturated carbocycles. The Morgan fingerprint density at radius 1 is 1.50 bits per heavy atom. The van der Waals surface area contributed by atoms with Gasteiger partial charge in [-0.2, -0.15) is 0 Å². The maximum Gasteiger partial charge on any atom is 0.222 e. The summed E-state index contributed by atoms with van der Waals surface area (Å²) in [5, 5.41) is 2.52. The van der Waals surface area contributed by atoms with Crippen molar-refractivity contribution in [2.45, 2.75) is 19.4 Å². The number of amides is 1. The number of carbonyl (C=O) groups excluding carboxylic acids is 1. The van der Waals surface area contributed by atoms with Crippen molar-refractivity contribution < 1.29 is 17.9 Å². The molecule has 0 aromatic carbocycles. The highest BCUT2D eigenvalue weighted by atomic mass is 32.2. The molecule has 1 atom stereocenters. The Hall–Kier alpha value is -0.660. The van der Waals surface area contributed by atoms with E-state index in [0.29, 0.717) is 0 Å². The third-order valence-corrected chi connectivity index (χ3v) is 3.89. The van der Waals surface area contributed by atoms with Gasteiger partial charge in [-0.3, -0.25) is 4.79 Å². The number of hydrogen-bond acceptors (Lipinski definition) is 5. The van der Waals surface area contributed by atoms with Crippen molar-refractivity contribution >= 4 is 15.7 Å². The summed E-state index contributed by atoms with van der Waals surface area (Å²) in [5.41, 5.74) is 5.35. The van der Waals surface area contributed by atoms with Gasteiger partial charge in [-0.25, -0.2) is 8.42 Å². The van der Waals surface area contributed by atoms with Gasteiger partial charge in [0.1, 0.15) is 0 Å². The van der Waals surface area contributed by atoms with Crippen LogP contribution in [0.1, 0.15) is 13.3 Å². The minimum Gasteiger partial charge on any atom is -0.380 e. The van der Waals surface area contributed by atoms with Crippen molar-refractivity contribution in [3.05, 3.63) is 0 Å². The average molecular weight is 252 g/mol. The molecule has 3 N–H and O–H groups in total. The molecule has 0 rings (SSSR count). The summed E-state index contributed by atoms with van der Waals surface area (Å²) < 4.78 is 27.2. The second kappa shape index (κ2) is 7.59. The summed E-state index contributed by atoms with van der Waals surface area (Å²) in [6.07, 6.45) is -0.165. The van der Waals surface area contributed by atoms with Gasteiger partial charge in [0.25, 0.3) is 0 Å². The Kier molecular flexibility index (Phi) is 7.27. The molecular weight excluding hydrogens is 232 g/mol. The minimum absolute atomic E-state index is 0.0322. The lowest BCUT2D eigenvalue weighted by molar-refractivity contribution is -0.123. The Bertz CT molecular complexity index is 299. The normalized spacial score (nSPS) is 13.4. The van der Waals surface area contributed by atoms with Crippen LogP contribution in [0.25, 0.3) is 0 Å². The molecule has 0 bridgehead atoms. The lowest BCUT2D eigenvalue weighted by Crippen LogP contribution is -2.34. The van der Waals surface area contributed by atoms with Gasteiger partial charge in [0.2, 0.25) is 5.91 Å². The molecule has 0 radical (unpaired) electrons. The second-order valence-electron chi connectivity index (χ2n) is 3.38. The first kappa shape index (κ1) is 15.3. The quantitative estimate of drug-likeness (QED) is 0.571. The Balaban J connectivity index is 3.82. The van der Waals surface area contributed by atoms with E-state index in [1.165, 1.54) is 7.11 Å². The summed E-state index contributed by atoms with van der Waals surface area (Å²) in [6, 6.07) is 0. The Labute approximate surface area is 96.4 Å². The second-order valence-corrected chi connectivity index (χ2v) is 5.86. The maximum atomic E-state index is 11.3. The molecule has 0 aliphatic heterocycles. The summed E-state index contributed by atoms with van der Waals surface area (Å²) in [6.45, 7) is 1.97. The smallest absolute Gasteiger partial charge is 0.222 e. The van der Waals surface area contributed by atoms with Crippen molar-refractivity contribution in [3.63, 3.8) is 0 Å². The predicted octanol–water partition coefficient (Wildman–Crippen LogP) is -1.10. The molecule has 16 heavy (non-hydrogen) atoms. The van der Waals surface area contributed by atoms with Crippen LogP contribution in [0.5, 0.6) is 0 Å². The van der Waals surface area contributed by atoms with Crippen molar-refractivity contribution in [3.8, 4) is 0 Å². The van der Waals surface area contributed by atoms with Crippen LogP contribution in [0.2, 0.25) is 0 Å². The van der Waals surface area contributed by atoms with E-state index in [1.807, 2.05) is 0 Å². The number of nitrogens with two attached hydrogens (primary N) is 1. The fourth-order valence-corrected chi connectivity index (χ4v) is 1.73. The molecule has 7 heteroatoms. The zero-order chi connectivity index (χ0) is 12.6. The summed E-state index contributed by atoms with van der Waals surface area (Å²) in [7, 11) is -1.55. The highest BCUT2D eigenvalue weighted by Gasteiger charge is 2.12. The van der Waals surface area contributed by atoms with Gasteiger partial charge in [-0.15, -0.1) is 0 Å². The molecule has 6 nitrogen and oxygen atoms in total. The van der Waals surface area contributed by atoms with Gasteiger partial charge in [0.05, 0.1) is 18.3 Å². The van der Waals surface area contributed by atoms with Gasteiger partial charge < -0.3 is 15.8 Å². The molecular formula is C9H20N2O4S. The van der Waals surface area contributed by atoms with E-state index in [-0.39, 0.29) is 43.0 Å². The van der Waals surface area contributed by atoms with Crippen molar-refractivity contribution in [2.75, 3.05) is 31.7 Å². The van der Waals surface area contributed by atoms with Crippen molar-refractivity contribution in [2.24, 2.45) is 5.73 Å². The number of hydrogen-bond donors (Lipinski definition) is 2. The Morgan fingerprint density at radius 3 is 2.56 bits per heavy atom. The summed E-state index contributed by atoms with van der Waals surface area (Å²) in [4.78, 5) is 11.3. The van der Waals surface area contributed by atoms with Gasteiger partial charge in [0.15, 0.2) is 9.84 Å². The third-order valence-electron chi connectivity index (χ3n) is 2.18. The number of sulfone groups is 1. The zero-order valence-corrected chi connectivity index (χ0v) is 10.5. The molecule has 1 amide bonds. The number of rotatable bonds is 8. The van der Waals surface area contributed by atoms with Crippen LogP contribution in [-0.2, 0) is 19.4 Å². The lowest BCUT2D eigenvalue weighted by Gasteiger charge is -2.12. The molecule has 0 aliphatic carbocycles. The van der Waals surface area contributed by atoms with Crippen LogP contribution in [0.15, 0.2) is 0 Å². The molecule has 1 unspecified atom stereocenters. The van der Waals surface area contributed by atoms with E-state index in [1.54, 1.807) is 6.92 Å². The van der Waals surface area contributed by atoms with E-state index in [2.05, 4.69) is 5.32 Å². The minimum atomic E-state index is -3.03. The number of methoxy groups -OCH3 is 1. The molecule has 0 aromatic rings. The molecule has 0 saturated heterocycles. The van der Waals surface area contributed by atoms with Crippen LogP contribution >= 0.6 is 0 Å². The fraction of sp³-hybridized carbons (Fsp3) is 0.889. The third kappa shape index (κ3) is 6.76. The molecule has 0 fully saturated rings. The standard InChI is InChI=1S/C9H20N2O4S/c1-3-16(13,14)5-4-11-9(12)6-8(7-10)15-2/h8H,3-7,10H2,1-2H3,(H,11,12). The predicted molar refractivity (Wildman–Crippen MR) is 61.8 cm³/mol. The van der Waals surface area contributed by atoms with Gasteiger partial charge in [0, 0.05) is 26.0 Å². The first-order valence-electron chi connectivity index (χ1n) is 5.15. The number of ether oxygens (including phenoxy) is 1.